The summed E-state index contributed by atoms with van der Waals surface area (Å²) < 4.78 is 31.6. The van der Waals surface area contributed by atoms with Gasteiger partial charge in [0.1, 0.15) is 73.2 Å². The second kappa shape index (κ2) is 12.3. The number of aliphatic hydroxyl groups excluding tert-OH is 10. The van der Waals surface area contributed by atoms with Gasteiger partial charge < -0.3 is 79.5 Å². The Morgan fingerprint density at radius 3 is 1.23 bits per heavy atom. The zero-order chi connectivity index (χ0) is 26.0. The molecule has 0 aromatic carbocycles. The predicted octanol–water partition coefficient (Wildman–Crippen LogP) is -6.92. The highest BCUT2D eigenvalue weighted by molar-refractivity contribution is 4.93. The first-order valence-corrected chi connectivity index (χ1v) is 11.0. The Labute approximate surface area is 199 Å². The van der Waals surface area contributed by atoms with Gasteiger partial charge in [-0.2, -0.15) is 0 Å². The van der Waals surface area contributed by atoms with Gasteiger partial charge in [0, 0.05) is 7.11 Å². The summed E-state index contributed by atoms with van der Waals surface area (Å²) in [5.74, 6) is 0. The van der Waals surface area contributed by atoms with Crippen LogP contribution >= 0.6 is 0 Å². The van der Waals surface area contributed by atoms with E-state index in [1.54, 1.807) is 0 Å². The molecular weight excluding hydrogens is 484 g/mol. The molecule has 1 unspecified atom stereocenters. The van der Waals surface area contributed by atoms with E-state index < -0.39 is 112 Å². The molecule has 0 amide bonds. The van der Waals surface area contributed by atoms with Gasteiger partial charge >= 0.3 is 0 Å². The number of hydrogen-bond acceptors (Lipinski definition) is 16. The average molecular weight is 518 g/mol. The van der Waals surface area contributed by atoms with Crippen molar-refractivity contribution in [2.24, 2.45) is 0 Å². The van der Waals surface area contributed by atoms with E-state index in [4.69, 9.17) is 28.4 Å². The summed E-state index contributed by atoms with van der Waals surface area (Å²) in [5.41, 5.74) is 0. The van der Waals surface area contributed by atoms with Crippen LogP contribution < -0.4 is 0 Å². The Morgan fingerprint density at radius 1 is 0.486 bits per heavy atom. The molecule has 0 saturated carbocycles. The van der Waals surface area contributed by atoms with E-state index in [0.717, 1.165) is 0 Å². The minimum atomic E-state index is -1.77. The highest BCUT2D eigenvalue weighted by atomic mass is 16.7. The Balaban J connectivity index is 1.59. The number of ether oxygens (including phenoxy) is 6. The van der Waals surface area contributed by atoms with Crippen LogP contribution in [0.25, 0.3) is 0 Å². The largest absolute Gasteiger partial charge is 0.394 e. The van der Waals surface area contributed by atoms with Gasteiger partial charge in [0.2, 0.25) is 0 Å². The van der Waals surface area contributed by atoms with Crippen LogP contribution in [0.2, 0.25) is 0 Å². The Hall–Kier alpha value is -0.640. The molecule has 206 valence electrons. The molecule has 0 aromatic heterocycles. The van der Waals surface area contributed by atoms with Crippen LogP contribution in [-0.4, -0.2) is 170 Å². The third-order valence-corrected chi connectivity index (χ3v) is 6.27. The van der Waals surface area contributed by atoms with Crippen molar-refractivity contribution in [3.8, 4) is 0 Å². The van der Waals surface area contributed by atoms with E-state index in [-0.39, 0.29) is 0 Å². The molecule has 16 heteroatoms. The normalized spacial score (nSPS) is 51.3. The van der Waals surface area contributed by atoms with Crippen molar-refractivity contribution in [2.75, 3.05) is 26.9 Å². The summed E-state index contributed by atoms with van der Waals surface area (Å²) in [6, 6.07) is 0. The summed E-state index contributed by atoms with van der Waals surface area (Å²) >= 11 is 0. The second-order valence-corrected chi connectivity index (χ2v) is 8.63. The summed E-state index contributed by atoms with van der Waals surface area (Å²) in [4.78, 5) is 0. The lowest BCUT2D eigenvalue weighted by atomic mass is 9.98. The lowest BCUT2D eigenvalue weighted by Crippen LogP contribution is -2.62. The summed E-state index contributed by atoms with van der Waals surface area (Å²) in [6.07, 6.45) is -23.1. The van der Waals surface area contributed by atoms with E-state index in [1.165, 1.54) is 7.11 Å². The molecule has 15 atom stereocenters. The van der Waals surface area contributed by atoms with E-state index in [9.17, 15) is 51.1 Å². The maximum atomic E-state index is 10.3. The van der Waals surface area contributed by atoms with Gasteiger partial charge in [-0.3, -0.25) is 0 Å². The minimum absolute atomic E-state index is 0.490. The fraction of sp³-hybridized carbons (Fsp3) is 1.00. The fourth-order valence-electron chi connectivity index (χ4n) is 4.03. The molecule has 0 spiro atoms. The topological polar surface area (TPSA) is 258 Å². The first-order chi connectivity index (χ1) is 16.5. The first kappa shape index (κ1) is 28.9. The zero-order valence-electron chi connectivity index (χ0n) is 18.7. The average Bonchev–Trinajstić information content (AvgIpc) is 2.85. The van der Waals surface area contributed by atoms with Crippen LogP contribution in [-0.2, 0) is 28.4 Å². The number of methoxy groups -OCH3 is 1. The molecular formula is C19H34O16. The van der Waals surface area contributed by atoms with E-state index in [1.807, 2.05) is 0 Å². The highest BCUT2D eigenvalue weighted by Crippen LogP contribution is 2.27. The third kappa shape index (κ3) is 6.10. The van der Waals surface area contributed by atoms with Crippen molar-refractivity contribution in [2.45, 2.75) is 92.1 Å². The van der Waals surface area contributed by atoms with Crippen LogP contribution in [0.4, 0.5) is 0 Å². The Bertz CT molecular complexity index is 600. The molecule has 0 aromatic rings. The lowest BCUT2D eigenvalue weighted by Gasteiger charge is -2.43. The van der Waals surface area contributed by atoms with Crippen molar-refractivity contribution in [1.82, 2.24) is 0 Å². The van der Waals surface area contributed by atoms with Crippen LogP contribution in [0.5, 0.6) is 0 Å². The molecule has 0 radical (unpaired) electrons. The van der Waals surface area contributed by atoms with Gasteiger partial charge in [-0.05, 0) is 0 Å². The van der Waals surface area contributed by atoms with Crippen molar-refractivity contribution in [3.05, 3.63) is 0 Å². The van der Waals surface area contributed by atoms with Gasteiger partial charge in [0.05, 0.1) is 19.8 Å². The Kier molecular flexibility index (Phi) is 10.1. The summed E-state index contributed by atoms with van der Waals surface area (Å²) in [7, 11) is 1.21. The van der Waals surface area contributed by atoms with Crippen LogP contribution in [0.1, 0.15) is 0 Å². The van der Waals surface area contributed by atoms with E-state index in [0.29, 0.717) is 0 Å². The maximum Gasteiger partial charge on any atom is 0.186 e. The summed E-state index contributed by atoms with van der Waals surface area (Å²) in [6.45, 7) is -1.72. The van der Waals surface area contributed by atoms with E-state index >= 15 is 0 Å². The quantitative estimate of drug-likeness (QED) is 0.143. The third-order valence-electron chi connectivity index (χ3n) is 6.27. The van der Waals surface area contributed by atoms with Crippen LogP contribution in [0.3, 0.4) is 0 Å². The molecule has 3 rings (SSSR count). The van der Waals surface area contributed by atoms with Gasteiger partial charge in [-0.25, -0.2) is 0 Å². The maximum absolute atomic E-state index is 10.3. The number of hydrogen-bond donors (Lipinski definition) is 10. The smallest absolute Gasteiger partial charge is 0.186 e. The molecule has 35 heavy (non-hydrogen) atoms. The zero-order valence-corrected chi connectivity index (χ0v) is 18.7. The minimum Gasteiger partial charge on any atom is -0.394 e. The molecule has 0 bridgehead atoms. The molecule has 16 nitrogen and oxygen atoms in total. The van der Waals surface area contributed by atoms with E-state index in [2.05, 4.69) is 0 Å². The molecule has 3 aliphatic rings. The van der Waals surface area contributed by atoms with Crippen molar-refractivity contribution in [3.63, 3.8) is 0 Å². The van der Waals surface area contributed by atoms with Crippen molar-refractivity contribution in [1.29, 1.82) is 0 Å². The van der Waals surface area contributed by atoms with Gasteiger partial charge in [0.15, 0.2) is 18.9 Å². The fourth-order valence-corrected chi connectivity index (χ4v) is 4.03. The predicted molar refractivity (Wildman–Crippen MR) is 106 cm³/mol. The van der Waals surface area contributed by atoms with Gasteiger partial charge in [0.25, 0.3) is 0 Å². The molecule has 3 fully saturated rings. The van der Waals surface area contributed by atoms with Gasteiger partial charge in [-0.1, -0.05) is 0 Å². The van der Waals surface area contributed by atoms with Crippen molar-refractivity contribution < 1.29 is 79.5 Å². The summed E-state index contributed by atoms with van der Waals surface area (Å²) in [5, 5.41) is 99.5. The molecule has 3 heterocycles. The highest BCUT2D eigenvalue weighted by Gasteiger charge is 2.49. The number of aliphatic hydroxyl groups is 10. The molecule has 0 aliphatic carbocycles. The van der Waals surface area contributed by atoms with Crippen molar-refractivity contribution >= 4 is 0 Å². The molecule has 3 aliphatic heterocycles. The standard InChI is InChI=1S/C19H34O16/c1-30-17-14(27)12(25)9(22)6(34-17)3-32-19-16(29)13(26)10(23)7(35-19)4-31-18-15(28)11(24)8(21)5(2-20)33-18/h5-29H,2-4H2,1H3/t5-,6?,7-,8-,9-,10-,11+,12+,13+,14-,15-,16-,17-,18-,19-/m1/s1. The van der Waals surface area contributed by atoms with Crippen LogP contribution in [0.15, 0.2) is 0 Å². The molecule has 3 saturated heterocycles. The number of rotatable bonds is 8. The van der Waals surface area contributed by atoms with Crippen LogP contribution in [0, 0.1) is 0 Å². The second-order valence-electron chi connectivity index (χ2n) is 8.63. The first-order valence-electron chi connectivity index (χ1n) is 11.0. The monoisotopic (exact) mass is 518 g/mol. The molecule has 10 N–H and O–H groups in total. The SMILES string of the molecule is CO[C@@H]1OC(CO[C@@H]2O[C@H](CO[C@@H]3O[C@H](CO)[C@@H](O)[C@H](O)[C@H]3O)[C@@H](O)[C@H](O)[C@H]2O)[C@@H](O)[C@H](O)[C@H]1O. The lowest BCUT2D eigenvalue weighted by molar-refractivity contribution is -0.341. The Morgan fingerprint density at radius 2 is 0.829 bits per heavy atom. The van der Waals surface area contributed by atoms with Gasteiger partial charge in [-0.15, -0.1) is 0 Å².